The Hall–Kier alpha value is -1.51. The molecule has 0 heterocycles. The Kier molecular flexibility index (Phi) is 41.2. The van der Waals surface area contributed by atoms with Gasteiger partial charge in [-0.15, -0.1) is 0 Å². The molecule has 0 unspecified atom stereocenters. The van der Waals surface area contributed by atoms with E-state index in [9.17, 15) is 14.4 Å². The molecule has 216 valence electrons. The predicted molar refractivity (Wildman–Crippen MR) is 140 cm³/mol. The molecule has 0 aliphatic heterocycles. The highest BCUT2D eigenvalue weighted by molar-refractivity contribution is 5.75. The van der Waals surface area contributed by atoms with Crippen LogP contribution in [0.2, 0.25) is 0 Å². The molecule has 0 saturated carbocycles. The molecule has 1 atom stereocenters. The van der Waals surface area contributed by atoms with Crippen LogP contribution < -0.4 is 21.7 Å². The summed E-state index contributed by atoms with van der Waals surface area (Å²) >= 11 is 0. The third-order valence-electron chi connectivity index (χ3n) is 4.20. The number of amides is 1. The predicted octanol–water partition coefficient (Wildman–Crippen LogP) is -0.732. The molecule has 0 aromatic heterocycles. The van der Waals surface area contributed by atoms with Crippen LogP contribution in [0.3, 0.4) is 0 Å². The molecule has 0 aromatic rings. The van der Waals surface area contributed by atoms with Crippen molar-refractivity contribution in [2.75, 3.05) is 93.2 Å². The van der Waals surface area contributed by atoms with Crippen LogP contribution in [0.25, 0.3) is 0 Å². The number of carbonyl (C=O) groups is 3. The molecular formula is C24H52N4O8. The zero-order chi connectivity index (χ0) is 27.5. The molecule has 0 saturated heterocycles. The number of ether oxygens (including phenoxy) is 4. The van der Waals surface area contributed by atoms with Crippen LogP contribution in [0.4, 0.5) is 0 Å². The van der Waals surface area contributed by atoms with Gasteiger partial charge in [-0.05, 0) is 39.9 Å². The molecule has 0 aromatic carbocycles. The van der Waals surface area contributed by atoms with Crippen molar-refractivity contribution >= 4 is 18.5 Å². The van der Waals surface area contributed by atoms with Crippen LogP contribution in [0, 0.1) is 0 Å². The van der Waals surface area contributed by atoms with E-state index < -0.39 is 0 Å². The molecule has 6 N–H and O–H groups in total. The first-order valence-corrected chi connectivity index (χ1v) is 12.6. The quantitative estimate of drug-likeness (QED) is 0.0796. The van der Waals surface area contributed by atoms with Crippen molar-refractivity contribution in [1.82, 2.24) is 16.0 Å². The van der Waals surface area contributed by atoms with Crippen molar-refractivity contribution in [2.24, 2.45) is 5.73 Å². The number of hydrogen-bond acceptors (Lipinski definition) is 11. The molecule has 0 radical (unpaired) electrons. The normalized spacial score (nSPS) is 10.9. The highest BCUT2D eigenvalue weighted by atomic mass is 16.5. The summed E-state index contributed by atoms with van der Waals surface area (Å²) in [5.41, 5.74) is 5.66. The summed E-state index contributed by atoms with van der Waals surface area (Å²) < 4.78 is 20.0. The Morgan fingerprint density at radius 1 is 0.833 bits per heavy atom. The molecule has 0 spiro atoms. The van der Waals surface area contributed by atoms with Gasteiger partial charge in [-0.3, -0.25) is 4.79 Å². The Morgan fingerprint density at radius 3 is 1.81 bits per heavy atom. The van der Waals surface area contributed by atoms with Crippen molar-refractivity contribution in [3.63, 3.8) is 0 Å². The smallest absolute Gasteiger partial charge is 0.220 e. The average molecular weight is 525 g/mol. The lowest BCUT2D eigenvalue weighted by Crippen LogP contribution is -2.30. The second-order valence-electron chi connectivity index (χ2n) is 7.43. The fourth-order valence-electron chi connectivity index (χ4n) is 2.21. The maximum absolute atomic E-state index is 11.4. The number of likely N-dealkylation sites (N-methyl/N-ethyl adjacent to an activating group) is 1. The fraction of sp³-hybridized carbons (Fsp3) is 0.875. The summed E-state index contributed by atoms with van der Waals surface area (Å²) in [7, 11) is 3.85. The molecule has 36 heavy (non-hydrogen) atoms. The van der Waals surface area contributed by atoms with Crippen molar-refractivity contribution in [1.29, 1.82) is 0 Å². The number of aliphatic hydroxyl groups is 1. The number of rotatable bonds is 24. The molecule has 0 aliphatic carbocycles. The van der Waals surface area contributed by atoms with Crippen LogP contribution in [-0.4, -0.2) is 123 Å². The van der Waals surface area contributed by atoms with E-state index >= 15 is 0 Å². The first kappa shape index (κ1) is 39.0. The van der Waals surface area contributed by atoms with Gasteiger partial charge < -0.3 is 55.3 Å². The number of carbonyl (C=O) groups excluding carboxylic acids is 3. The Bertz CT molecular complexity index is 444. The third kappa shape index (κ3) is 42.6. The number of aldehydes is 2. The lowest BCUT2D eigenvalue weighted by molar-refractivity contribution is -0.121. The van der Waals surface area contributed by atoms with E-state index in [1.807, 2.05) is 14.1 Å². The van der Waals surface area contributed by atoms with Crippen LogP contribution in [0.15, 0.2) is 0 Å². The van der Waals surface area contributed by atoms with E-state index in [-0.39, 0.29) is 31.8 Å². The van der Waals surface area contributed by atoms with Gasteiger partial charge in [0.15, 0.2) is 0 Å². The van der Waals surface area contributed by atoms with Crippen molar-refractivity contribution in [3.05, 3.63) is 0 Å². The fourth-order valence-corrected chi connectivity index (χ4v) is 2.21. The van der Waals surface area contributed by atoms with Crippen LogP contribution in [-0.2, 0) is 33.3 Å². The Balaban J connectivity index is -0.000000536. The summed E-state index contributed by atoms with van der Waals surface area (Å²) in [6.07, 6.45) is 5.43. The van der Waals surface area contributed by atoms with Gasteiger partial charge >= 0.3 is 0 Å². The SMILES string of the molecule is CCCCNC.CNCCOCCOCC=O.N[C@H](CCO)CCC(=O)NCCOCCOCC=O. The summed E-state index contributed by atoms with van der Waals surface area (Å²) in [5, 5.41) is 17.4. The number of nitrogens with one attached hydrogen (secondary N) is 3. The number of aliphatic hydroxyl groups excluding tert-OH is 1. The van der Waals surface area contributed by atoms with Gasteiger partial charge in [-0.2, -0.15) is 0 Å². The molecular weight excluding hydrogens is 472 g/mol. The van der Waals surface area contributed by atoms with Gasteiger partial charge in [-0.25, -0.2) is 0 Å². The van der Waals surface area contributed by atoms with Crippen molar-refractivity contribution in [2.45, 2.75) is 45.1 Å². The van der Waals surface area contributed by atoms with E-state index in [4.69, 9.17) is 29.8 Å². The summed E-state index contributed by atoms with van der Waals surface area (Å²) in [5.74, 6) is -0.0748. The molecule has 12 heteroatoms. The zero-order valence-electron chi connectivity index (χ0n) is 22.6. The van der Waals surface area contributed by atoms with E-state index in [0.29, 0.717) is 71.7 Å². The maximum Gasteiger partial charge on any atom is 0.220 e. The largest absolute Gasteiger partial charge is 0.396 e. The summed E-state index contributed by atoms with van der Waals surface area (Å²) in [6, 6.07) is -0.137. The third-order valence-corrected chi connectivity index (χ3v) is 4.20. The Morgan fingerprint density at radius 2 is 1.36 bits per heavy atom. The molecule has 0 aliphatic rings. The highest BCUT2D eigenvalue weighted by Gasteiger charge is 2.06. The number of unbranched alkanes of at least 4 members (excludes halogenated alkanes) is 1. The minimum absolute atomic E-state index is 0.0444. The van der Waals surface area contributed by atoms with Gasteiger partial charge in [0, 0.05) is 32.2 Å². The van der Waals surface area contributed by atoms with Crippen LogP contribution >= 0.6 is 0 Å². The summed E-state index contributed by atoms with van der Waals surface area (Å²) in [6.45, 7) is 7.79. The second kappa shape index (κ2) is 38.0. The van der Waals surface area contributed by atoms with E-state index in [0.717, 1.165) is 19.4 Å². The van der Waals surface area contributed by atoms with Gasteiger partial charge in [-0.1, -0.05) is 13.3 Å². The molecule has 0 rings (SSSR count). The zero-order valence-corrected chi connectivity index (χ0v) is 22.6. The van der Waals surface area contributed by atoms with Crippen LogP contribution in [0.5, 0.6) is 0 Å². The second-order valence-corrected chi connectivity index (χ2v) is 7.43. The van der Waals surface area contributed by atoms with E-state index in [1.54, 1.807) is 0 Å². The molecule has 1 amide bonds. The summed E-state index contributed by atoms with van der Waals surface area (Å²) in [4.78, 5) is 31.1. The molecule has 0 fully saturated rings. The van der Waals surface area contributed by atoms with Gasteiger partial charge in [0.25, 0.3) is 0 Å². The van der Waals surface area contributed by atoms with Crippen molar-refractivity contribution < 1.29 is 38.4 Å². The number of nitrogens with two attached hydrogens (primary N) is 1. The van der Waals surface area contributed by atoms with E-state index in [2.05, 4.69) is 22.9 Å². The minimum Gasteiger partial charge on any atom is -0.396 e. The standard InChI is InChI=1S/C12H24N2O5.C7H15NO3.C5H13N/c13-11(3-5-15)1-2-12(17)14-4-7-18-9-10-19-8-6-16;1-8-2-4-10-6-7-11-5-3-9;1-3-4-5-6-2/h6,11,15H,1-5,7-10,13H2,(H,14,17);3,8H,2,4-7H2,1H3;6H,3-5H2,1-2H3/t11-;;/m0../s1. The first-order valence-electron chi connectivity index (χ1n) is 12.6. The van der Waals surface area contributed by atoms with Crippen LogP contribution in [0.1, 0.15) is 39.0 Å². The van der Waals surface area contributed by atoms with E-state index in [1.165, 1.54) is 12.8 Å². The Labute approximate surface area is 217 Å². The van der Waals surface area contributed by atoms with Gasteiger partial charge in [0.2, 0.25) is 5.91 Å². The highest BCUT2D eigenvalue weighted by Crippen LogP contribution is 1.98. The molecule has 0 bridgehead atoms. The average Bonchev–Trinajstić information content (AvgIpc) is 2.88. The monoisotopic (exact) mass is 524 g/mol. The van der Waals surface area contributed by atoms with Gasteiger partial charge in [0.05, 0.1) is 39.6 Å². The maximum atomic E-state index is 11.4. The minimum atomic E-state index is -0.137. The van der Waals surface area contributed by atoms with Gasteiger partial charge in [0.1, 0.15) is 25.8 Å². The molecule has 12 nitrogen and oxygen atoms in total. The van der Waals surface area contributed by atoms with Crippen molar-refractivity contribution in [3.8, 4) is 0 Å². The lowest BCUT2D eigenvalue weighted by Gasteiger charge is -2.10. The number of hydrogen-bond donors (Lipinski definition) is 5. The lowest BCUT2D eigenvalue weighted by atomic mass is 10.1. The topological polar surface area (TPSA) is 170 Å². The first-order chi connectivity index (χ1) is 17.5.